The van der Waals surface area contributed by atoms with Crippen LogP contribution in [0.2, 0.25) is 5.02 Å². The number of ether oxygens (including phenoxy) is 2. The number of rotatable bonds is 2. The van der Waals surface area contributed by atoms with Crippen LogP contribution in [0.5, 0.6) is 0 Å². The van der Waals surface area contributed by atoms with Gasteiger partial charge in [0.15, 0.2) is 6.23 Å². The van der Waals surface area contributed by atoms with Crippen LogP contribution in [0.1, 0.15) is 64.2 Å². The Morgan fingerprint density at radius 1 is 1.30 bits per heavy atom. The van der Waals surface area contributed by atoms with E-state index in [4.69, 9.17) is 21.1 Å². The Kier molecular flexibility index (Phi) is 5.95. The van der Waals surface area contributed by atoms with Gasteiger partial charge in [-0.2, -0.15) is 5.10 Å². The standard InChI is InChI=1S/C22H29ClFN3O3/c1-22(2,3)30-21(28)26-8-7-15(18(24)13-26)16-11-19-14(10-17(16)23)12-25-27(19)20-6-4-5-9-29-20/h10-12,15,18,20H,4-9,13H2,1-3H3/t15-,18+,20+/m1/s1. The molecule has 0 unspecified atom stereocenters. The minimum absolute atomic E-state index is 0.00105. The molecule has 0 aliphatic carbocycles. The minimum Gasteiger partial charge on any atom is -0.444 e. The first-order chi connectivity index (χ1) is 14.2. The van der Waals surface area contributed by atoms with Gasteiger partial charge in [0.1, 0.15) is 11.8 Å². The molecule has 0 spiro atoms. The van der Waals surface area contributed by atoms with E-state index in [-0.39, 0.29) is 18.7 Å². The summed E-state index contributed by atoms with van der Waals surface area (Å²) in [5.74, 6) is -0.379. The van der Waals surface area contributed by atoms with Crippen molar-refractivity contribution in [3.63, 3.8) is 0 Å². The van der Waals surface area contributed by atoms with E-state index in [9.17, 15) is 4.79 Å². The molecule has 30 heavy (non-hydrogen) atoms. The number of benzene rings is 1. The Balaban J connectivity index is 1.55. The fourth-order valence-electron chi connectivity index (χ4n) is 4.26. The van der Waals surface area contributed by atoms with Crippen LogP contribution in [0.15, 0.2) is 18.3 Å². The quantitative estimate of drug-likeness (QED) is 0.626. The van der Waals surface area contributed by atoms with Gasteiger partial charge in [-0.05, 0) is 64.2 Å². The predicted molar refractivity (Wildman–Crippen MR) is 114 cm³/mol. The van der Waals surface area contributed by atoms with Gasteiger partial charge in [0.05, 0.1) is 18.3 Å². The topological polar surface area (TPSA) is 56.6 Å². The first-order valence-electron chi connectivity index (χ1n) is 10.6. The number of nitrogens with zero attached hydrogens (tertiary/aromatic N) is 3. The molecule has 2 aromatic rings. The molecule has 1 aromatic carbocycles. The number of alkyl halides is 1. The lowest BCUT2D eigenvalue weighted by Gasteiger charge is -2.36. The summed E-state index contributed by atoms with van der Waals surface area (Å²) in [4.78, 5) is 13.8. The van der Waals surface area contributed by atoms with Crippen molar-refractivity contribution >= 4 is 28.6 Å². The Bertz CT molecular complexity index is 920. The molecule has 2 aliphatic heterocycles. The highest BCUT2D eigenvalue weighted by atomic mass is 35.5. The Morgan fingerprint density at radius 3 is 2.77 bits per heavy atom. The van der Waals surface area contributed by atoms with Crippen molar-refractivity contribution in [2.24, 2.45) is 0 Å². The summed E-state index contributed by atoms with van der Waals surface area (Å²) in [6, 6.07) is 3.80. The molecule has 0 radical (unpaired) electrons. The van der Waals surface area contributed by atoms with Gasteiger partial charge < -0.3 is 14.4 Å². The van der Waals surface area contributed by atoms with E-state index in [2.05, 4.69) is 5.10 Å². The minimum atomic E-state index is -1.22. The molecule has 8 heteroatoms. The van der Waals surface area contributed by atoms with E-state index < -0.39 is 17.9 Å². The van der Waals surface area contributed by atoms with Crippen molar-refractivity contribution in [2.75, 3.05) is 19.7 Å². The van der Waals surface area contributed by atoms with Crippen LogP contribution in [-0.2, 0) is 9.47 Å². The molecule has 3 atom stereocenters. The summed E-state index contributed by atoms with van der Waals surface area (Å²) < 4.78 is 28.3. The molecule has 0 N–H and O–H groups in total. The molecule has 3 heterocycles. The van der Waals surface area contributed by atoms with Crippen LogP contribution in [-0.4, -0.2) is 52.2 Å². The SMILES string of the molecule is CC(C)(C)OC(=O)N1CC[C@H](c2cc3c(cnn3[C@@H]3CCCCO3)cc2Cl)[C@@H](F)C1. The molecule has 4 rings (SSSR count). The second-order valence-corrected chi connectivity index (χ2v) is 9.59. The van der Waals surface area contributed by atoms with Crippen LogP contribution in [0.4, 0.5) is 9.18 Å². The zero-order chi connectivity index (χ0) is 21.5. The Labute approximate surface area is 181 Å². The lowest BCUT2D eigenvalue weighted by molar-refractivity contribution is -0.0366. The molecule has 6 nitrogen and oxygen atoms in total. The average Bonchev–Trinajstić information content (AvgIpc) is 3.09. The van der Waals surface area contributed by atoms with Gasteiger partial charge in [-0.25, -0.2) is 13.9 Å². The number of carbonyl (C=O) groups is 1. The fraction of sp³-hybridized carbons (Fsp3) is 0.636. The third-order valence-electron chi connectivity index (χ3n) is 5.74. The van der Waals surface area contributed by atoms with Crippen LogP contribution in [0, 0.1) is 0 Å². The highest BCUT2D eigenvalue weighted by Crippen LogP contribution is 2.38. The van der Waals surface area contributed by atoms with Crippen molar-refractivity contribution < 1.29 is 18.7 Å². The number of amides is 1. The highest BCUT2D eigenvalue weighted by Gasteiger charge is 2.35. The number of halogens is 2. The average molecular weight is 438 g/mol. The maximum atomic E-state index is 15.2. The number of piperidine rings is 1. The number of aromatic nitrogens is 2. The summed E-state index contributed by atoms with van der Waals surface area (Å²) in [7, 11) is 0. The van der Waals surface area contributed by atoms with Crippen LogP contribution in [0.3, 0.4) is 0 Å². The second kappa shape index (κ2) is 8.35. The molecule has 0 bridgehead atoms. The molecular formula is C22H29ClFN3O3. The molecule has 1 amide bonds. The first kappa shape index (κ1) is 21.4. The van der Waals surface area contributed by atoms with E-state index in [1.807, 2.05) is 16.8 Å². The summed E-state index contributed by atoms with van der Waals surface area (Å²) >= 11 is 6.54. The number of hydrogen-bond acceptors (Lipinski definition) is 4. The lowest BCUT2D eigenvalue weighted by atomic mass is 9.87. The third-order valence-corrected chi connectivity index (χ3v) is 6.06. The summed E-state index contributed by atoms with van der Waals surface area (Å²) in [6.07, 6.45) is 3.55. The van der Waals surface area contributed by atoms with E-state index in [0.717, 1.165) is 42.3 Å². The smallest absolute Gasteiger partial charge is 0.410 e. The number of carbonyl (C=O) groups excluding carboxylic acids is 1. The zero-order valence-corrected chi connectivity index (χ0v) is 18.5. The van der Waals surface area contributed by atoms with Gasteiger partial charge in [0.2, 0.25) is 0 Å². The second-order valence-electron chi connectivity index (χ2n) is 9.18. The predicted octanol–water partition coefficient (Wildman–Crippen LogP) is 5.45. The van der Waals surface area contributed by atoms with E-state index >= 15 is 4.39 Å². The van der Waals surface area contributed by atoms with Crippen molar-refractivity contribution in [1.29, 1.82) is 0 Å². The monoisotopic (exact) mass is 437 g/mol. The van der Waals surface area contributed by atoms with Crippen molar-refractivity contribution in [1.82, 2.24) is 14.7 Å². The van der Waals surface area contributed by atoms with Crippen molar-refractivity contribution in [3.8, 4) is 0 Å². The van der Waals surface area contributed by atoms with Gasteiger partial charge in [-0.1, -0.05) is 11.6 Å². The normalized spacial score (nSPS) is 25.5. The molecule has 164 valence electrons. The molecule has 2 saturated heterocycles. The zero-order valence-electron chi connectivity index (χ0n) is 17.7. The maximum absolute atomic E-state index is 15.2. The van der Waals surface area contributed by atoms with Gasteiger partial charge in [-0.3, -0.25) is 0 Å². The van der Waals surface area contributed by atoms with Crippen LogP contribution < -0.4 is 0 Å². The molecule has 0 saturated carbocycles. The number of hydrogen-bond donors (Lipinski definition) is 0. The summed E-state index contributed by atoms with van der Waals surface area (Å²) in [6.45, 7) is 6.57. The maximum Gasteiger partial charge on any atom is 0.410 e. The Hall–Kier alpha value is -1.86. The van der Waals surface area contributed by atoms with E-state index in [1.54, 1.807) is 27.0 Å². The fourth-order valence-corrected chi connectivity index (χ4v) is 4.57. The molecule has 1 aromatic heterocycles. The lowest BCUT2D eigenvalue weighted by Crippen LogP contribution is -2.46. The molecular weight excluding hydrogens is 409 g/mol. The van der Waals surface area contributed by atoms with Crippen LogP contribution >= 0.6 is 11.6 Å². The summed E-state index contributed by atoms with van der Waals surface area (Å²) in [5.41, 5.74) is 1.06. The van der Waals surface area contributed by atoms with Gasteiger partial charge >= 0.3 is 6.09 Å². The van der Waals surface area contributed by atoms with E-state index in [0.29, 0.717) is 18.0 Å². The number of likely N-dealkylation sites (tertiary alicyclic amines) is 1. The van der Waals surface area contributed by atoms with Crippen molar-refractivity contribution in [2.45, 2.75) is 70.4 Å². The first-order valence-corrected chi connectivity index (χ1v) is 11.0. The third kappa shape index (κ3) is 4.42. The largest absolute Gasteiger partial charge is 0.444 e. The van der Waals surface area contributed by atoms with E-state index in [1.165, 1.54) is 4.90 Å². The van der Waals surface area contributed by atoms with Gasteiger partial charge in [-0.15, -0.1) is 0 Å². The van der Waals surface area contributed by atoms with Crippen molar-refractivity contribution in [3.05, 3.63) is 28.9 Å². The molecule has 2 aliphatic rings. The number of fused-ring (bicyclic) bond motifs is 1. The highest BCUT2D eigenvalue weighted by molar-refractivity contribution is 6.32. The molecule has 2 fully saturated rings. The Morgan fingerprint density at radius 2 is 2.10 bits per heavy atom. The van der Waals surface area contributed by atoms with Gasteiger partial charge in [0.25, 0.3) is 0 Å². The van der Waals surface area contributed by atoms with Crippen LogP contribution in [0.25, 0.3) is 10.9 Å². The summed E-state index contributed by atoms with van der Waals surface area (Å²) in [5, 5.41) is 5.95. The van der Waals surface area contributed by atoms with Gasteiger partial charge in [0, 0.05) is 29.5 Å².